The highest BCUT2D eigenvalue weighted by atomic mass is 35.5. The summed E-state index contributed by atoms with van der Waals surface area (Å²) in [5.41, 5.74) is 1.41. The van der Waals surface area contributed by atoms with Crippen LogP contribution in [0.1, 0.15) is 31.9 Å². The van der Waals surface area contributed by atoms with Gasteiger partial charge in [0.2, 0.25) is 11.8 Å². The monoisotopic (exact) mass is 589 g/mol. The molecule has 2 amide bonds. The van der Waals surface area contributed by atoms with E-state index < -0.39 is 28.5 Å². The van der Waals surface area contributed by atoms with E-state index in [0.29, 0.717) is 27.7 Å². The first kappa shape index (κ1) is 30.5. The summed E-state index contributed by atoms with van der Waals surface area (Å²) in [7, 11) is -4.17. The number of halogens is 2. The standard InChI is InChI=1S/C29H33Cl2N3O4S/c1-20(2)17-32-29(36)22(4)33(18-23-11-8-9-14-26(23)31)28(35)19-34(27-16-10-15-25(30)21(27)3)39(37,38)24-12-6-5-7-13-24/h5-16,20,22H,17-19H2,1-4H3,(H,32,36)/t22-/m1/s1. The Morgan fingerprint density at radius 3 is 2.13 bits per heavy atom. The van der Waals surface area contributed by atoms with E-state index >= 15 is 0 Å². The fourth-order valence-corrected chi connectivity index (χ4v) is 5.80. The number of hydrogen-bond donors (Lipinski definition) is 1. The lowest BCUT2D eigenvalue weighted by atomic mass is 10.1. The molecule has 39 heavy (non-hydrogen) atoms. The molecule has 0 aliphatic carbocycles. The molecule has 1 atom stereocenters. The predicted octanol–water partition coefficient (Wildman–Crippen LogP) is 5.69. The molecule has 3 aromatic rings. The van der Waals surface area contributed by atoms with Crippen molar-refractivity contribution in [2.24, 2.45) is 5.92 Å². The largest absolute Gasteiger partial charge is 0.354 e. The normalized spacial score (nSPS) is 12.2. The number of carbonyl (C=O) groups excluding carboxylic acids is 2. The fourth-order valence-electron chi connectivity index (χ4n) is 3.94. The SMILES string of the molecule is Cc1c(Cl)cccc1N(CC(=O)N(Cc1ccccc1Cl)[C@H](C)C(=O)NCC(C)C)S(=O)(=O)c1ccccc1. The van der Waals surface area contributed by atoms with Gasteiger partial charge in [-0.2, -0.15) is 0 Å². The van der Waals surface area contributed by atoms with Gasteiger partial charge in [0.05, 0.1) is 10.6 Å². The Morgan fingerprint density at radius 2 is 1.49 bits per heavy atom. The Balaban J connectivity index is 2.05. The second-order valence-electron chi connectivity index (χ2n) is 9.64. The molecular formula is C29H33Cl2N3O4S. The Kier molecular flexibility index (Phi) is 10.4. The highest BCUT2D eigenvalue weighted by Gasteiger charge is 2.33. The quantitative estimate of drug-likeness (QED) is 0.311. The van der Waals surface area contributed by atoms with Gasteiger partial charge in [-0.15, -0.1) is 0 Å². The van der Waals surface area contributed by atoms with Gasteiger partial charge in [-0.1, -0.05) is 79.5 Å². The molecule has 0 bridgehead atoms. The van der Waals surface area contributed by atoms with Gasteiger partial charge in [0.15, 0.2) is 0 Å². The van der Waals surface area contributed by atoms with Crippen LogP contribution in [-0.2, 0) is 26.2 Å². The number of amides is 2. The van der Waals surface area contributed by atoms with Crippen LogP contribution in [0.25, 0.3) is 0 Å². The Bertz CT molecular complexity index is 1420. The summed E-state index contributed by atoms with van der Waals surface area (Å²) in [5.74, 6) is -0.701. The molecule has 7 nitrogen and oxygen atoms in total. The number of anilines is 1. The lowest BCUT2D eigenvalue weighted by Gasteiger charge is -2.32. The lowest BCUT2D eigenvalue weighted by Crippen LogP contribution is -2.51. The third kappa shape index (κ3) is 7.53. The van der Waals surface area contributed by atoms with Crippen LogP contribution in [0, 0.1) is 12.8 Å². The highest BCUT2D eigenvalue weighted by molar-refractivity contribution is 7.92. The van der Waals surface area contributed by atoms with Crippen molar-refractivity contribution in [2.75, 3.05) is 17.4 Å². The van der Waals surface area contributed by atoms with E-state index in [0.717, 1.165) is 4.31 Å². The number of carbonyl (C=O) groups is 2. The van der Waals surface area contributed by atoms with Crippen LogP contribution in [0.3, 0.4) is 0 Å². The van der Waals surface area contributed by atoms with Gasteiger partial charge in [-0.05, 0) is 61.2 Å². The molecule has 3 aromatic carbocycles. The molecule has 10 heteroatoms. The van der Waals surface area contributed by atoms with E-state index in [1.165, 1.54) is 17.0 Å². The molecule has 0 radical (unpaired) electrons. The predicted molar refractivity (Wildman–Crippen MR) is 156 cm³/mol. The van der Waals surface area contributed by atoms with Crippen LogP contribution in [0.5, 0.6) is 0 Å². The molecule has 208 valence electrons. The minimum atomic E-state index is -4.17. The zero-order chi connectivity index (χ0) is 28.7. The fraction of sp³-hybridized carbons (Fsp3) is 0.310. The van der Waals surface area contributed by atoms with Crippen LogP contribution in [0.2, 0.25) is 10.0 Å². The number of hydrogen-bond acceptors (Lipinski definition) is 4. The second kappa shape index (κ2) is 13.3. The maximum atomic E-state index is 14.0. The first-order valence-electron chi connectivity index (χ1n) is 12.6. The van der Waals surface area contributed by atoms with Gasteiger partial charge >= 0.3 is 0 Å². The van der Waals surface area contributed by atoms with Crippen molar-refractivity contribution < 1.29 is 18.0 Å². The lowest BCUT2D eigenvalue weighted by molar-refractivity contribution is -0.139. The minimum Gasteiger partial charge on any atom is -0.354 e. The number of benzene rings is 3. The summed E-state index contributed by atoms with van der Waals surface area (Å²) in [6.45, 7) is 7.15. The highest BCUT2D eigenvalue weighted by Crippen LogP contribution is 2.31. The molecule has 0 aliphatic rings. The van der Waals surface area contributed by atoms with E-state index in [9.17, 15) is 18.0 Å². The molecule has 1 N–H and O–H groups in total. The topological polar surface area (TPSA) is 86.8 Å². The first-order chi connectivity index (χ1) is 18.4. The average Bonchev–Trinajstić information content (AvgIpc) is 2.91. The van der Waals surface area contributed by atoms with Crippen molar-refractivity contribution in [3.8, 4) is 0 Å². The maximum Gasteiger partial charge on any atom is 0.264 e. The number of nitrogens with one attached hydrogen (secondary N) is 1. The molecule has 0 heterocycles. The van der Waals surface area contributed by atoms with Gasteiger partial charge in [-0.3, -0.25) is 13.9 Å². The van der Waals surface area contributed by atoms with Crippen molar-refractivity contribution >= 4 is 50.7 Å². The van der Waals surface area contributed by atoms with Gasteiger partial charge in [0.25, 0.3) is 10.0 Å². The van der Waals surface area contributed by atoms with Gasteiger partial charge in [0.1, 0.15) is 12.6 Å². The molecule has 3 rings (SSSR count). The van der Waals surface area contributed by atoms with Crippen molar-refractivity contribution in [3.05, 3.63) is 94.0 Å². The minimum absolute atomic E-state index is 0.0164. The van der Waals surface area contributed by atoms with Crippen molar-refractivity contribution in [2.45, 2.75) is 45.2 Å². The molecule has 0 unspecified atom stereocenters. The van der Waals surface area contributed by atoms with Crippen LogP contribution in [-0.4, -0.2) is 44.3 Å². The Hall–Kier alpha value is -3.07. The molecule has 0 spiro atoms. The van der Waals surface area contributed by atoms with E-state index in [1.54, 1.807) is 74.5 Å². The zero-order valence-electron chi connectivity index (χ0n) is 22.4. The van der Waals surface area contributed by atoms with E-state index in [1.807, 2.05) is 13.8 Å². The molecule has 0 aliphatic heterocycles. The average molecular weight is 591 g/mol. The number of rotatable bonds is 11. The third-order valence-corrected chi connectivity index (χ3v) is 8.82. The Morgan fingerprint density at radius 1 is 0.872 bits per heavy atom. The molecule has 0 saturated heterocycles. The van der Waals surface area contributed by atoms with E-state index in [-0.39, 0.29) is 29.0 Å². The zero-order valence-corrected chi connectivity index (χ0v) is 24.7. The smallest absolute Gasteiger partial charge is 0.264 e. The molecule has 0 fully saturated rings. The molecule has 0 saturated carbocycles. The second-order valence-corrected chi connectivity index (χ2v) is 12.3. The van der Waals surface area contributed by atoms with E-state index in [4.69, 9.17) is 23.2 Å². The van der Waals surface area contributed by atoms with Crippen molar-refractivity contribution in [3.63, 3.8) is 0 Å². The van der Waals surface area contributed by atoms with Crippen LogP contribution in [0.15, 0.2) is 77.7 Å². The van der Waals surface area contributed by atoms with Crippen molar-refractivity contribution in [1.82, 2.24) is 10.2 Å². The summed E-state index contributed by atoms with van der Waals surface area (Å²) < 4.78 is 28.8. The maximum absolute atomic E-state index is 14.0. The van der Waals surface area contributed by atoms with Crippen LogP contribution in [0.4, 0.5) is 5.69 Å². The summed E-state index contributed by atoms with van der Waals surface area (Å²) in [6.07, 6.45) is 0. The summed E-state index contributed by atoms with van der Waals surface area (Å²) in [6, 6.07) is 18.9. The van der Waals surface area contributed by atoms with Crippen LogP contribution >= 0.6 is 23.2 Å². The molecule has 0 aromatic heterocycles. The first-order valence-corrected chi connectivity index (χ1v) is 14.8. The van der Waals surface area contributed by atoms with Gasteiger partial charge < -0.3 is 10.2 Å². The number of nitrogens with zero attached hydrogens (tertiary/aromatic N) is 2. The van der Waals surface area contributed by atoms with Crippen LogP contribution < -0.4 is 9.62 Å². The van der Waals surface area contributed by atoms with Crippen molar-refractivity contribution in [1.29, 1.82) is 0 Å². The summed E-state index contributed by atoms with van der Waals surface area (Å²) >= 11 is 12.7. The van der Waals surface area contributed by atoms with E-state index in [2.05, 4.69) is 5.32 Å². The van der Waals surface area contributed by atoms with Gasteiger partial charge in [0, 0.05) is 23.1 Å². The molecular weight excluding hydrogens is 557 g/mol. The summed E-state index contributed by atoms with van der Waals surface area (Å²) in [4.78, 5) is 28.4. The van der Waals surface area contributed by atoms with Gasteiger partial charge in [-0.25, -0.2) is 8.42 Å². The third-order valence-electron chi connectivity index (χ3n) is 6.27. The Labute approximate surface area is 240 Å². The summed E-state index contributed by atoms with van der Waals surface area (Å²) in [5, 5.41) is 3.66. The number of sulfonamides is 1.